The highest BCUT2D eigenvalue weighted by Crippen LogP contribution is 2.32. The summed E-state index contributed by atoms with van der Waals surface area (Å²) in [4.78, 5) is 13.1. The molecule has 0 radical (unpaired) electrons. The Balaban J connectivity index is 1.83. The van der Waals surface area contributed by atoms with Crippen molar-refractivity contribution < 1.29 is 22.7 Å². The van der Waals surface area contributed by atoms with Gasteiger partial charge >= 0.3 is 0 Å². The maximum Gasteiger partial charge on any atom is 0.244 e. The van der Waals surface area contributed by atoms with Crippen LogP contribution >= 0.6 is 11.6 Å². The number of benzene rings is 2. The van der Waals surface area contributed by atoms with E-state index in [-0.39, 0.29) is 17.6 Å². The Morgan fingerprint density at radius 3 is 2.53 bits per heavy atom. The largest absolute Gasteiger partial charge is 0.462 e. The third kappa shape index (κ3) is 4.92. The molecule has 2 aromatic rings. The molecule has 1 saturated heterocycles. The molecule has 32 heavy (non-hydrogen) atoms. The second kappa shape index (κ2) is 9.94. The zero-order chi connectivity index (χ0) is 22.6. The van der Waals surface area contributed by atoms with E-state index in [1.807, 2.05) is 30.3 Å². The van der Waals surface area contributed by atoms with Crippen LogP contribution in [0.5, 0.6) is 0 Å². The summed E-state index contributed by atoms with van der Waals surface area (Å²) in [6.07, 6.45) is 3.70. The lowest BCUT2D eigenvalue weighted by atomic mass is 10.0. The van der Waals surface area contributed by atoms with E-state index in [2.05, 4.69) is 5.32 Å². The SMILES string of the molecule is O=C1NCCCCC1N(C(Cc1ccccc1)C1=COCO1)S(=O)(=O)c1ccc(Cl)cc1. The Hall–Kier alpha value is -2.55. The summed E-state index contributed by atoms with van der Waals surface area (Å²) in [5, 5.41) is 3.29. The summed E-state index contributed by atoms with van der Waals surface area (Å²) >= 11 is 5.99. The first-order valence-corrected chi connectivity index (χ1v) is 12.3. The summed E-state index contributed by atoms with van der Waals surface area (Å²) in [6, 6.07) is 13.9. The topological polar surface area (TPSA) is 84.9 Å². The van der Waals surface area contributed by atoms with Gasteiger partial charge in [0.1, 0.15) is 12.3 Å². The first-order valence-electron chi connectivity index (χ1n) is 10.5. The number of sulfonamides is 1. The highest BCUT2D eigenvalue weighted by molar-refractivity contribution is 7.89. The fraction of sp³-hybridized carbons (Fsp3) is 0.348. The van der Waals surface area contributed by atoms with Crippen LogP contribution in [-0.2, 0) is 30.7 Å². The highest BCUT2D eigenvalue weighted by atomic mass is 35.5. The highest BCUT2D eigenvalue weighted by Gasteiger charge is 2.44. The molecule has 170 valence electrons. The number of carbonyl (C=O) groups excluding carboxylic acids is 1. The Morgan fingerprint density at radius 2 is 1.84 bits per heavy atom. The fourth-order valence-electron chi connectivity index (χ4n) is 4.03. The van der Waals surface area contributed by atoms with Gasteiger partial charge in [0.2, 0.25) is 22.7 Å². The number of hydrogen-bond donors (Lipinski definition) is 1. The van der Waals surface area contributed by atoms with Crippen molar-refractivity contribution in [3.05, 3.63) is 77.2 Å². The number of nitrogens with one attached hydrogen (secondary N) is 1. The lowest BCUT2D eigenvalue weighted by molar-refractivity contribution is -0.125. The lowest BCUT2D eigenvalue weighted by Gasteiger charge is -2.35. The number of hydrogen-bond acceptors (Lipinski definition) is 5. The van der Waals surface area contributed by atoms with Crippen molar-refractivity contribution >= 4 is 27.5 Å². The zero-order valence-corrected chi connectivity index (χ0v) is 19.0. The molecule has 1 N–H and O–H groups in total. The summed E-state index contributed by atoms with van der Waals surface area (Å²) < 4.78 is 40.2. The molecular weight excluding hydrogens is 452 g/mol. The van der Waals surface area contributed by atoms with E-state index in [0.717, 1.165) is 18.4 Å². The van der Waals surface area contributed by atoms with Crippen molar-refractivity contribution in [1.82, 2.24) is 9.62 Å². The predicted octanol–water partition coefficient (Wildman–Crippen LogP) is 3.46. The second-order valence-corrected chi connectivity index (χ2v) is 10.0. The molecule has 4 rings (SSSR count). The van der Waals surface area contributed by atoms with Gasteiger partial charge in [0, 0.05) is 11.6 Å². The van der Waals surface area contributed by atoms with E-state index in [1.165, 1.54) is 34.8 Å². The van der Waals surface area contributed by atoms with Crippen molar-refractivity contribution in [2.24, 2.45) is 0 Å². The molecule has 1 amide bonds. The third-order valence-corrected chi connectivity index (χ3v) is 7.79. The molecule has 2 unspecified atom stereocenters. The molecule has 0 saturated carbocycles. The molecule has 0 bridgehead atoms. The molecule has 2 aromatic carbocycles. The Kier molecular flexibility index (Phi) is 7.03. The Labute approximate surface area is 193 Å². The van der Waals surface area contributed by atoms with Crippen LogP contribution in [0, 0.1) is 0 Å². The van der Waals surface area contributed by atoms with Gasteiger partial charge in [-0.2, -0.15) is 4.31 Å². The predicted molar refractivity (Wildman–Crippen MR) is 120 cm³/mol. The van der Waals surface area contributed by atoms with Crippen molar-refractivity contribution in [1.29, 1.82) is 0 Å². The summed E-state index contributed by atoms with van der Waals surface area (Å²) in [6.45, 7) is 0.530. The molecule has 7 nitrogen and oxygen atoms in total. The Morgan fingerprint density at radius 1 is 1.09 bits per heavy atom. The molecule has 2 aliphatic heterocycles. The number of carbonyl (C=O) groups is 1. The van der Waals surface area contributed by atoms with Gasteiger partial charge in [-0.25, -0.2) is 8.42 Å². The minimum absolute atomic E-state index is 0.00627. The number of ether oxygens (including phenoxy) is 2. The Bertz CT molecular complexity index is 1070. The smallest absolute Gasteiger partial charge is 0.244 e. The number of amides is 1. The van der Waals surface area contributed by atoms with Gasteiger partial charge in [-0.05, 0) is 55.5 Å². The van der Waals surface area contributed by atoms with Crippen molar-refractivity contribution in [2.45, 2.75) is 42.7 Å². The monoisotopic (exact) mass is 476 g/mol. The van der Waals surface area contributed by atoms with Gasteiger partial charge in [0.15, 0.2) is 5.76 Å². The molecule has 9 heteroatoms. The van der Waals surface area contributed by atoms with Gasteiger partial charge in [-0.3, -0.25) is 4.79 Å². The first-order chi connectivity index (χ1) is 15.5. The van der Waals surface area contributed by atoms with Crippen LogP contribution in [0.1, 0.15) is 24.8 Å². The third-order valence-electron chi connectivity index (χ3n) is 5.60. The van der Waals surface area contributed by atoms with Crippen molar-refractivity contribution in [2.75, 3.05) is 13.3 Å². The normalized spacial score (nSPS) is 20.0. The zero-order valence-electron chi connectivity index (χ0n) is 17.4. The van der Waals surface area contributed by atoms with Gasteiger partial charge < -0.3 is 14.8 Å². The average molecular weight is 477 g/mol. The van der Waals surface area contributed by atoms with E-state index >= 15 is 0 Å². The summed E-state index contributed by atoms with van der Waals surface area (Å²) in [5.74, 6) is 0.0704. The molecule has 1 fully saturated rings. The van der Waals surface area contributed by atoms with Crippen LogP contribution in [-0.4, -0.2) is 44.1 Å². The van der Waals surface area contributed by atoms with E-state index in [1.54, 1.807) is 0 Å². The average Bonchev–Trinajstić information content (AvgIpc) is 3.25. The molecular formula is C23H25ClN2O5S. The maximum atomic E-state index is 14.0. The van der Waals surface area contributed by atoms with Gasteiger partial charge in [-0.15, -0.1) is 0 Å². The number of halogens is 1. The van der Waals surface area contributed by atoms with E-state index in [4.69, 9.17) is 21.1 Å². The van der Waals surface area contributed by atoms with Crippen LogP contribution in [0.2, 0.25) is 5.02 Å². The quantitative estimate of drug-likeness (QED) is 0.661. The minimum atomic E-state index is -4.09. The molecule has 2 heterocycles. The van der Waals surface area contributed by atoms with Crippen LogP contribution in [0.3, 0.4) is 0 Å². The summed E-state index contributed by atoms with van der Waals surface area (Å²) in [5.41, 5.74) is 0.916. The molecule has 0 aliphatic carbocycles. The van der Waals surface area contributed by atoms with Gasteiger partial charge in [-0.1, -0.05) is 41.9 Å². The van der Waals surface area contributed by atoms with Crippen LogP contribution in [0.4, 0.5) is 0 Å². The van der Waals surface area contributed by atoms with Crippen LogP contribution in [0.25, 0.3) is 0 Å². The number of rotatable bonds is 7. The van der Waals surface area contributed by atoms with Crippen molar-refractivity contribution in [3.8, 4) is 0 Å². The molecule has 2 aliphatic rings. The standard InChI is InChI=1S/C23H25ClN2O5S/c24-18-9-11-19(12-10-18)32(28,29)26(20-8-4-5-13-25-23(20)27)21(22-15-30-16-31-22)14-17-6-2-1-3-7-17/h1-3,6-7,9-12,15,20-21H,4-5,8,13-14,16H2,(H,25,27). The first kappa shape index (κ1) is 22.6. The molecule has 0 spiro atoms. The van der Waals surface area contributed by atoms with Crippen molar-refractivity contribution in [3.63, 3.8) is 0 Å². The lowest BCUT2D eigenvalue weighted by Crippen LogP contribution is -2.54. The maximum absolute atomic E-state index is 14.0. The van der Waals surface area contributed by atoms with E-state index in [9.17, 15) is 13.2 Å². The molecule has 0 aromatic heterocycles. The van der Waals surface area contributed by atoms with E-state index in [0.29, 0.717) is 30.2 Å². The molecule has 2 atom stereocenters. The second-order valence-electron chi connectivity index (χ2n) is 7.75. The van der Waals surface area contributed by atoms with Gasteiger partial charge in [0.05, 0.1) is 10.9 Å². The fourth-order valence-corrected chi connectivity index (χ4v) is 5.93. The minimum Gasteiger partial charge on any atom is -0.462 e. The van der Waals surface area contributed by atoms with E-state index < -0.39 is 22.1 Å². The van der Waals surface area contributed by atoms with Gasteiger partial charge in [0.25, 0.3) is 0 Å². The van der Waals surface area contributed by atoms with Crippen LogP contribution in [0.15, 0.2) is 71.5 Å². The summed E-state index contributed by atoms with van der Waals surface area (Å²) in [7, 11) is -4.09. The van der Waals surface area contributed by atoms with Crippen LogP contribution < -0.4 is 5.32 Å². The number of nitrogens with zero attached hydrogens (tertiary/aromatic N) is 1.